The molecule has 1 nitrogen and oxygen atoms in total. The molecular weight excluding hydrogens is 280 g/mol. The Labute approximate surface area is 142 Å². The van der Waals surface area contributed by atoms with E-state index in [4.69, 9.17) is 0 Å². The standard InChI is InChI=1S/C22H30O/c1-18(2)22(6)16-10-14-20(4)12-8-7-11-19(3)13-9-15-21(5)17-23/h7-18H,1-6H3/b8-7+,13-9+,14-10+,19-11+,20-12+,21-15+,22-16+. The molecule has 0 radical (unpaired) electrons. The van der Waals surface area contributed by atoms with Crippen LogP contribution in [0.3, 0.4) is 0 Å². The van der Waals surface area contributed by atoms with E-state index in [9.17, 15) is 4.79 Å². The lowest BCUT2D eigenvalue weighted by atomic mass is 10.1. The Balaban J connectivity index is 4.56. The average molecular weight is 310 g/mol. The van der Waals surface area contributed by atoms with Gasteiger partial charge < -0.3 is 0 Å². The Kier molecular flexibility index (Phi) is 11.2. The molecule has 0 aromatic heterocycles. The zero-order chi connectivity index (χ0) is 17.7. The first-order valence-electron chi connectivity index (χ1n) is 8.03. The lowest BCUT2D eigenvalue weighted by Crippen LogP contribution is -1.86. The summed E-state index contributed by atoms with van der Waals surface area (Å²) in [7, 11) is 0. The molecule has 0 aromatic carbocycles. The van der Waals surface area contributed by atoms with Crippen LogP contribution in [0.4, 0.5) is 0 Å². The molecule has 0 rings (SSSR count). The van der Waals surface area contributed by atoms with Gasteiger partial charge in [-0.05, 0) is 39.2 Å². The van der Waals surface area contributed by atoms with Gasteiger partial charge in [0.1, 0.15) is 6.29 Å². The SMILES string of the molecule is C\C(C=O)=C/C=C/C(C)=C/C=C/C=C(C)/C=C/C=C(\C)C(C)C. The number of hydrogen-bond acceptors (Lipinski definition) is 1. The molecule has 0 aliphatic carbocycles. The quantitative estimate of drug-likeness (QED) is 0.292. The number of aldehydes is 1. The minimum atomic E-state index is 0.593. The van der Waals surface area contributed by atoms with Gasteiger partial charge in [0.05, 0.1) is 0 Å². The van der Waals surface area contributed by atoms with Crippen molar-refractivity contribution in [1.82, 2.24) is 0 Å². The predicted octanol–water partition coefficient (Wildman–Crippen LogP) is 6.30. The van der Waals surface area contributed by atoms with Crippen molar-refractivity contribution in [3.8, 4) is 0 Å². The Morgan fingerprint density at radius 3 is 1.52 bits per heavy atom. The van der Waals surface area contributed by atoms with Gasteiger partial charge in [0.15, 0.2) is 0 Å². The molecule has 0 atom stereocenters. The van der Waals surface area contributed by atoms with Crippen LogP contribution >= 0.6 is 0 Å². The minimum absolute atomic E-state index is 0.593. The van der Waals surface area contributed by atoms with Gasteiger partial charge in [0, 0.05) is 0 Å². The van der Waals surface area contributed by atoms with Crippen molar-refractivity contribution in [3.05, 3.63) is 83.1 Å². The van der Waals surface area contributed by atoms with Gasteiger partial charge in [0.2, 0.25) is 0 Å². The summed E-state index contributed by atoms with van der Waals surface area (Å²) in [6.45, 7) is 12.5. The molecule has 1 heteroatoms. The van der Waals surface area contributed by atoms with Crippen LogP contribution in [0.25, 0.3) is 0 Å². The van der Waals surface area contributed by atoms with Crippen molar-refractivity contribution in [1.29, 1.82) is 0 Å². The molecule has 124 valence electrons. The maximum Gasteiger partial charge on any atom is 0.145 e. The zero-order valence-electron chi connectivity index (χ0n) is 15.3. The number of carbonyl (C=O) groups excluding carboxylic acids is 1. The van der Waals surface area contributed by atoms with Crippen molar-refractivity contribution in [3.63, 3.8) is 0 Å². The van der Waals surface area contributed by atoms with E-state index in [1.54, 1.807) is 13.0 Å². The zero-order valence-corrected chi connectivity index (χ0v) is 15.3. The van der Waals surface area contributed by atoms with Crippen molar-refractivity contribution < 1.29 is 4.79 Å². The molecule has 0 saturated carbocycles. The summed E-state index contributed by atoms with van der Waals surface area (Å²) < 4.78 is 0. The topological polar surface area (TPSA) is 17.1 Å². The highest BCUT2D eigenvalue weighted by Gasteiger charge is 1.92. The Bertz CT molecular complexity index is 573. The fourth-order valence-electron chi connectivity index (χ4n) is 1.46. The lowest BCUT2D eigenvalue weighted by Gasteiger charge is -2.01. The third-order valence-corrected chi connectivity index (χ3v) is 3.36. The van der Waals surface area contributed by atoms with E-state index in [0.717, 1.165) is 17.4 Å². The molecule has 0 spiro atoms. The number of carbonyl (C=O) groups is 1. The molecule has 0 aliphatic rings. The summed E-state index contributed by atoms with van der Waals surface area (Å²) >= 11 is 0. The summed E-state index contributed by atoms with van der Waals surface area (Å²) in [4.78, 5) is 10.5. The van der Waals surface area contributed by atoms with Crippen molar-refractivity contribution in [2.75, 3.05) is 0 Å². The van der Waals surface area contributed by atoms with Crippen LogP contribution < -0.4 is 0 Å². The van der Waals surface area contributed by atoms with Crippen LogP contribution in [0, 0.1) is 5.92 Å². The molecular formula is C22H30O. The van der Waals surface area contributed by atoms with Crippen LogP contribution in [-0.2, 0) is 4.79 Å². The summed E-state index contributed by atoms with van der Waals surface area (Å²) in [5.41, 5.74) is 4.44. The second kappa shape index (κ2) is 12.4. The van der Waals surface area contributed by atoms with Crippen molar-refractivity contribution in [2.45, 2.75) is 41.5 Å². The molecule has 0 heterocycles. The second-order valence-electron chi connectivity index (χ2n) is 6.02. The smallest absolute Gasteiger partial charge is 0.145 e. The van der Waals surface area contributed by atoms with Crippen LogP contribution in [0.15, 0.2) is 83.1 Å². The van der Waals surface area contributed by atoms with Gasteiger partial charge in [-0.25, -0.2) is 0 Å². The molecule has 0 unspecified atom stereocenters. The van der Waals surface area contributed by atoms with E-state index in [0.29, 0.717) is 5.92 Å². The van der Waals surface area contributed by atoms with E-state index in [1.807, 2.05) is 37.3 Å². The van der Waals surface area contributed by atoms with Crippen molar-refractivity contribution in [2.24, 2.45) is 5.92 Å². The Morgan fingerprint density at radius 2 is 1.09 bits per heavy atom. The highest BCUT2D eigenvalue weighted by Crippen LogP contribution is 2.08. The fourth-order valence-corrected chi connectivity index (χ4v) is 1.46. The molecule has 0 aliphatic heterocycles. The first-order valence-corrected chi connectivity index (χ1v) is 8.03. The molecule has 0 N–H and O–H groups in total. The fraction of sp³-hybridized carbons (Fsp3) is 0.318. The second-order valence-corrected chi connectivity index (χ2v) is 6.02. The summed E-state index contributed by atoms with van der Waals surface area (Å²) in [6.07, 6.45) is 21.1. The van der Waals surface area contributed by atoms with Gasteiger partial charge >= 0.3 is 0 Å². The van der Waals surface area contributed by atoms with Crippen LogP contribution in [0.2, 0.25) is 0 Å². The van der Waals surface area contributed by atoms with Crippen LogP contribution in [-0.4, -0.2) is 6.29 Å². The molecule has 0 bridgehead atoms. The first kappa shape index (κ1) is 20.9. The maximum absolute atomic E-state index is 10.5. The average Bonchev–Trinajstić information content (AvgIpc) is 2.51. The Hall–Kier alpha value is -2.15. The monoisotopic (exact) mass is 310 g/mol. The van der Waals surface area contributed by atoms with Gasteiger partial charge in [-0.3, -0.25) is 4.79 Å². The summed E-state index contributed by atoms with van der Waals surface area (Å²) in [6, 6.07) is 0. The summed E-state index contributed by atoms with van der Waals surface area (Å²) in [5, 5.41) is 0. The third kappa shape index (κ3) is 12.1. The first-order chi connectivity index (χ1) is 10.9. The largest absolute Gasteiger partial charge is 0.298 e. The summed E-state index contributed by atoms with van der Waals surface area (Å²) in [5.74, 6) is 0.593. The highest BCUT2D eigenvalue weighted by molar-refractivity contribution is 5.72. The van der Waals surface area contributed by atoms with Crippen molar-refractivity contribution >= 4 is 6.29 Å². The van der Waals surface area contributed by atoms with Gasteiger partial charge in [-0.1, -0.05) is 91.3 Å². The van der Waals surface area contributed by atoms with Crippen LogP contribution in [0.1, 0.15) is 41.5 Å². The normalized spacial score (nSPS) is 15.6. The molecule has 0 saturated heterocycles. The molecule has 0 amide bonds. The lowest BCUT2D eigenvalue weighted by molar-refractivity contribution is -0.104. The minimum Gasteiger partial charge on any atom is -0.298 e. The molecule has 23 heavy (non-hydrogen) atoms. The van der Waals surface area contributed by atoms with Crippen LogP contribution in [0.5, 0.6) is 0 Å². The van der Waals surface area contributed by atoms with E-state index >= 15 is 0 Å². The Morgan fingerprint density at radius 1 is 0.652 bits per heavy atom. The van der Waals surface area contributed by atoms with E-state index in [1.165, 1.54) is 11.1 Å². The van der Waals surface area contributed by atoms with E-state index < -0.39 is 0 Å². The van der Waals surface area contributed by atoms with E-state index in [-0.39, 0.29) is 0 Å². The highest BCUT2D eigenvalue weighted by atomic mass is 16.1. The van der Waals surface area contributed by atoms with Gasteiger partial charge in [-0.15, -0.1) is 0 Å². The van der Waals surface area contributed by atoms with Gasteiger partial charge in [-0.2, -0.15) is 0 Å². The van der Waals surface area contributed by atoms with E-state index in [2.05, 4.69) is 52.0 Å². The number of hydrogen-bond donors (Lipinski definition) is 0. The van der Waals surface area contributed by atoms with Gasteiger partial charge in [0.25, 0.3) is 0 Å². The maximum atomic E-state index is 10.5. The molecule has 0 fully saturated rings. The number of allylic oxidation sites excluding steroid dienone is 14. The molecule has 0 aromatic rings. The number of rotatable bonds is 8. The predicted molar refractivity (Wildman–Crippen MR) is 103 cm³/mol. The third-order valence-electron chi connectivity index (χ3n) is 3.36.